The molecule has 0 aliphatic carbocycles. The first-order chi connectivity index (χ1) is 11.6. The largest absolute Gasteiger partial charge is 0.478 e. The first kappa shape index (κ1) is 14.2. The summed E-state index contributed by atoms with van der Waals surface area (Å²) in [5.74, 6) is -1.25. The Kier molecular flexibility index (Phi) is 3.16. The number of amides is 1. The third kappa shape index (κ3) is 2.16. The summed E-state index contributed by atoms with van der Waals surface area (Å²) < 4.78 is 0. The van der Waals surface area contributed by atoms with E-state index in [1.54, 1.807) is 18.2 Å². The fourth-order valence-corrected chi connectivity index (χ4v) is 3.00. The molecule has 0 saturated heterocycles. The molecule has 6 nitrogen and oxygen atoms in total. The van der Waals surface area contributed by atoms with E-state index in [1.807, 2.05) is 30.3 Å². The second-order valence-corrected chi connectivity index (χ2v) is 5.56. The highest BCUT2D eigenvalue weighted by molar-refractivity contribution is 6.00. The van der Waals surface area contributed by atoms with Gasteiger partial charge in [0.2, 0.25) is 0 Å². The zero-order chi connectivity index (χ0) is 16.7. The molecule has 1 atom stereocenters. The van der Waals surface area contributed by atoms with Crippen LogP contribution in [0, 0.1) is 0 Å². The van der Waals surface area contributed by atoms with Gasteiger partial charge in [-0.3, -0.25) is 9.89 Å². The van der Waals surface area contributed by atoms with Crippen molar-refractivity contribution in [2.24, 2.45) is 0 Å². The van der Waals surface area contributed by atoms with Gasteiger partial charge in [-0.25, -0.2) is 4.79 Å². The molecule has 0 saturated carbocycles. The molecule has 0 bridgehead atoms. The Morgan fingerprint density at radius 2 is 1.88 bits per heavy atom. The van der Waals surface area contributed by atoms with Crippen molar-refractivity contribution in [3.63, 3.8) is 0 Å². The van der Waals surface area contributed by atoms with Crippen LogP contribution in [0.1, 0.15) is 38.0 Å². The molecular formula is C18H13N3O3. The minimum atomic E-state index is -1.00. The number of hydrogen-bond acceptors (Lipinski definition) is 3. The Balaban J connectivity index is 1.85. The summed E-state index contributed by atoms with van der Waals surface area (Å²) >= 11 is 0. The lowest BCUT2D eigenvalue weighted by Gasteiger charge is -2.14. The first-order valence-electron chi connectivity index (χ1n) is 7.43. The molecule has 4 rings (SSSR count). The zero-order valence-corrected chi connectivity index (χ0v) is 12.5. The third-order valence-corrected chi connectivity index (χ3v) is 4.11. The number of carboxylic acids is 1. The van der Waals surface area contributed by atoms with Crippen molar-refractivity contribution >= 4 is 11.9 Å². The standard InChI is InChI=1S/C18H13N3O3/c22-17-16-13(15(20-21-16)10-5-2-1-3-6-10)14(19-17)11-7-4-8-12(9-11)18(23)24/h1-9,14H,(H,19,22)(H,20,21)(H,23,24). The molecule has 1 unspecified atom stereocenters. The van der Waals surface area contributed by atoms with Crippen LogP contribution < -0.4 is 5.32 Å². The van der Waals surface area contributed by atoms with Crippen molar-refractivity contribution < 1.29 is 14.7 Å². The number of fused-ring (bicyclic) bond motifs is 1. The van der Waals surface area contributed by atoms with Crippen molar-refractivity contribution in [2.75, 3.05) is 0 Å². The molecule has 1 amide bonds. The van der Waals surface area contributed by atoms with Crippen molar-refractivity contribution in [3.05, 3.63) is 77.0 Å². The van der Waals surface area contributed by atoms with Crippen LogP contribution in [0.3, 0.4) is 0 Å². The molecule has 0 fully saturated rings. The highest BCUT2D eigenvalue weighted by Gasteiger charge is 2.35. The quantitative estimate of drug-likeness (QED) is 0.691. The second kappa shape index (κ2) is 5.34. The maximum atomic E-state index is 12.2. The van der Waals surface area contributed by atoms with Gasteiger partial charge in [-0.2, -0.15) is 5.10 Å². The normalized spacial score (nSPS) is 15.8. The van der Waals surface area contributed by atoms with Gasteiger partial charge in [-0.1, -0.05) is 42.5 Å². The van der Waals surface area contributed by atoms with Crippen LogP contribution in [0.4, 0.5) is 0 Å². The topological polar surface area (TPSA) is 95.1 Å². The first-order valence-corrected chi connectivity index (χ1v) is 7.43. The third-order valence-electron chi connectivity index (χ3n) is 4.11. The Morgan fingerprint density at radius 3 is 2.62 bits per heavy atom. The molecule has 24 heavy (non-hydrogen) atoms. The molecule has 0 spiro atoms. The number of nitrogens with one attached hydrogen (secondary N) is 2. The molecule has 1 aliphatic heterocycles. The second-order valence-electron chi connectivity index (χ2n) is 5.56. The minimum absolute atomic E-state index is 0.181. The van der Waals surface area contributed by atoms with Gasteiger partial charge >= 0.3 is 5.97 Å². The van der Waals surface area contributed by atoms with E-state index in [1.165, 1.54) is 6.07 Å². The van der Waals surface area contributed by atoms with Gasteiger partial charge in [-0.05, 0) is 17.7 Å². The molecule has 118 valence electrons. The smallest absolute Gasteiger partial charge is 0.335 e. The molecule has 2 aromatic carbocycles. The number of aromatic nitrogens is 2. The summed E-state index contributed by atoms with van der Waals surface area (Å²) in [6.07, 6.45) is 0. The van der Waals surface area contributed by atoms with Crippen LogP contribution in [0.25, 0.3) is 11.3 Å². The van der Waals surface area contributed by atoms with Crippen LogP contribution in [0.2, 0.25) is 0 Å². The number of carbonyl (C=O) groups is 2. The number of H-pyrrole nitrogens is 1. The number of carbonyl (C=O) groups excluding carboxylic acids is 1. The number of nitrogens with zero attached hydrogens (tertiary/aromatic N) is 1. The molecule has 3 aromatic rings. The van der Waals surface area contributed by atoms with E-state index in [9.17, 15) is 14.7 Å². The predicted molar refractivity (Wildman–Crippen MR) is 86.7 cm³/mol. The number of aromatic carboxylic acids is 1. The van der Waals surface area contributed by atoms with E-state index in [4.69, 9.17) is 0 Å². The Labute approximate surface area is 137 Å². The Morgan fingerprint density at radius 1 is 1.08 bits per heavy atom. The Bertz CT molecular complexity index is 947. The van der Waals surface area contributed by atoms with Gasteiger partial charge in [0.25, 0.3) is 5.91 Å². The molecule has 2 heterocycles. The molecule has 6 heteroatoms. The van der Waals surface area contributed by atoms with Crippen LogP contribution in [0.15, 0.2) is 54.6 Å². The lowest BCUT2D eigenvalue weighted by atomic mass is 9.95. The average molecular weight is 319 g/mol. The van der Waals surface area contributed by atoms with Crippen LogP contribution in [-0.4, -0.2) is 27.2 Å². The molecule has 0 radical (unpaired) electrons. The monoisotopic (exact) mass is 319 g/mol. The van der Waals surface area contributed by atoms with Gasteiger partial charge in [-0.15, -0.1) is 0 Å². The molecule has 1 aliphatic rings. The van der Waals surface area contributed by atoms with Crippen LogP contribution in [-0.2, 0) is 0 Å². The summed E-state index contributed by atoms with van der Waals surface area (Å²) in [7, 11) is 0. The summed E-state index contributed by atoms with van der Waals surface area (Å²) in [5.41, 5.74) is 3.63. The van der Waals surface area contributed by atoms with Crippen LogP contribution in [0.5, 0.6) is 0 Å². The van der Waals surface area contributed by atoms with E-state index in [0.717, 1.165) is 11.1 Å². The summed E-state index contributed by atoms with van der Waals surface area (Å²) in [4.78, 5) is 23.4. The number of rotatable bonds is 3. The lowest BCUT2D eigenvalue weighted by molar-refractivity contribution is 0.0696. The maximum absolute atomic E-state index is 12.2. The van der Waals surface area contributed by atoms with Crippen molar-refractivity contribution in [1.29, 1.82) is 0 Å². The van der Waals surface area contributed by atoms with Gasteiger partial charge in [0.05, 0.1) is 17.3 Å². The summed E-state index contributed by atoms with van der Waals surface area (Å²) in [5, 5.41) is 19.2. The van der Waals surface area contributed by atoms with E-state index in [0.29, 0.717) is 17.0 Å². The molecular weight excluding hydrogens is 306 g/mol. The van der Waals surface area contributed by atoms with Gasteiger partial charge in [0.1, 0.15) is 5.69 Å². The number of benzene rings is 2. The van der Waals surface area contributed by atoms with Gasteiger partial charge in [0, 0.05) is 11.1 Å². The van der Waals surface area contributed by atoms with E-state index < -0.39 is 12.0 Å². The highest BCUT2D eigenvalue weighted by atomic mass is 16.4. The number of hydrogen-bond donors (Lipinski definition) is 3. The zero-order valence-electron chi connectivity index (χ0n) is 12.5. The predicted octanol–water partition coefficient (Wildman–Crippen LogP) is 2.61. The molecule has 1 aromatic heterocycles. The molecule has 3 N–H and O–H groups in total. The van der Waals surface area contributed by atoms with Crippen molar-refractivity contribution in [3.8, 4) is 11.3 Å². The maximum Gasteiger partial charge on any atom is 0.335 e. The van der Waals surface area contributed by atoms with E-state index in [2.05, 4.69) is 15.5 Å². The van der Waals surface area contributed by atoms with E-state index in [-0.39, 0.29) is 11.5 Å². The average Bonchev–Trinajstić information content (AvgIpc) is 3.17. The van der Waals surface area contributed by atoms with Gasteiger partial charge in [0.15, 0.2) is 0 Å². The van der Waals surface area contributed by atoms with Crippen molar-refractivity contribution in [2.45, 2.75) is 6.04 Å². The lowest BCUT2D eigenvalue weighted by Crippen LogP contribution is -2.21. The Hall–Kier alpha value is -3.41. The highest BCUT2D eigenvalue weighted by Crippen LogP contribution is 2.37. The van der Waals surface area contributed by atoms with Gasteiger partial charge < -0.3 is 10.4 Å². The number of aromatic amines is 1. The SMILES string of the molecule is O=C(O)c1cccc(C2NC(=O)c3[nH]nc(-c4ccccc4)c32)c1. The fourth-order valence-electron chi connectivity index (χ4n) is 3.00. The van der Waals surface area contributed by atoms with E-state index >= 15 is 0 Å². The van der Waals surface area contributed by atoms with Crippen molar-refractivity contribution in [1.82, 2.24) is 15.5 Å². The minimum Gasteiger partial charge on any atom is -0.478 e. The van der Waals surface area contributed by atoms with Crippen LogP contribution >= 0.6 is 0 Å². The summed E-state index contributed by atoms with van der Waals surface area (Å²) in [6, 6.07) is 15.7. The fraction of sp³-hybridized carbons (Fsp3) is 0.0556. The number of carboxylic acid groups (broad SMARTS) is 1. The summed E-state index contributed by atoms with van der Waals surface area (Å²) in [6.45, 7) is 0.